The second-order valence-corrected chi connectivity index (χ2v) is 8.35. The number of aromatic carboxylic acids is 1. The largest absolute Gasteiger partial charge is 0.478 e. The lowest BCUT2D eigenvalue weighted by molar-refractivity contribution is -0.138. The monoisotopic (exact) mass is 462 g/mol. The molecule has 9 heteroatoms. The molecule has 0 saturated carbocycles. The van der Waals surface area contributed by atoms with Gasteiger partial charge in [0.15, 0.2) is 0 Å². The van der Waals surface area contributed by atoms with Gasteiger partial charge in [0.25, 0.3) is 0 Å². The molecule has 2 aliphatic rings. The zero-order chi connectivity index (χ0) is 23.6. The Hall–Kier alpha value is -3.07. The number of nitrogens with zero attached hydrogens (tertiary/aromatic N) is 2. The first kappa shape index (κ1) is 23.1. The van der Waals surface area contributed by atoms with Gasteiger partial charge >= 0.3 is 12.1 Å². The number of anilines is 1. The van der Waals surface area contributed by atoms with Gasteiger partial charge < -0.3 is 19.6 Å². The lowest BCUT2D eigenvalue weighted by Crippen LogP contribution is -2.54. The van der Waals surface area contributed by atoms with Gasteiger partial charge in [0.2, 0.25) is 5.91 Å². The Balaban J connectivity index is 1.59. The topological polar surface area (TPSA) is 70.1 Å². The number of amides is 1. The number of hydrogen-bond donors (Lipinski definition) is 1. The molecule has 33 heavy (non-hydrogen) atoms. The van der Waals surface area contributed by atoms with Gasteiger partial charge in [0.1, 0.15) is 6.04 Å². The van der Waals surface area contributed by atoms with Gasteiger partial charge in [-0.2, -0.15) is 13.2 Å². The number of alkyl halides is 3. The standard InChI is InChI=1S/C24H25F3N2O4/c25-24(26,27)19-6-1-16(2-7-19)18-5-10-21(22(30)28-11-13-33-14-12-28)29(15-18)20-8-3-17(4-9-20)23(31)32/h1-4,6-9,18,21H,5,10-15H2,(H,31,32)/t18-,21+/m1/s1. The molecule has 0 aromatic heterocycles. The minimum Gasteiger partial charge on any atom is -0.478 e. The lowest BCUT2D eigenvalue weighted by Gasteiger charge is -2.43. The van der Waals surface area contributed by atoms with Crippen molar-refractivity contribution in [3.8, 4) is 0 Å². The van der Waals surface area contributed by atoms with Crippen LogP contribution in [0.3, 0.4) is 0 Å². The van der Waals surface area contributed by atoms with Gasteiger partial charge in [-0.1, -0.05) is 12.1 Å². The number of halogens is 3. The highest BCUT2D eigenvalue weighted by Crippen LogP contribution is 2.36. The Morgan fingerprint density at radius 2 is 1.58 bits per heavy atom. The highest BCUT2D eigenvalue weighted by atomic mass is 19.4. The number of morpholine rings is 1. The SMILES string of the molecule is O=C(O)c1ccc(N2C[C@H](c3ccc(C(F)(F)F)cc3)CC[C@H]2C(=O)N2CCOCC2)cc1. The number of carbonyl (C=O) groups is 2. The molecule has 2 atom stereocenters. The van der Waals surface area contributed by atoms with Crippen molar-refractivity contribution in [2.24, 2.45) is 0 Å². The first-order chi connectivity index (χ1) is 15.7. The maximum atomic E-state index is 13.3. The zero-order valence-electron chi connectivity index (χ0n) is 17.9. The summed E-state index contributed by atoms with van der Waals surface area (Å²) in [6.07, 6.45) is -3.18. The Kier molecular flexibility index (Phi) is 6.60. The number of carboxylic acid groups (broad SMARTS) is 1. The third-order valence-corrected chi connectivity index (χ3v) is 6.35. The molecule has 4 rings (SSSR count). The fourth-order valence-electron chi connectivity index (χ4n) is 4.52. The van der Waals surface area contributed by atoms with Crippen molar-refractivity contribution in [3.63, 3.8) is 0 Å². The van der Waals surface area contributed by atoms with Crippen molar-refractivity contribution in [3.05, 3.63) is 65.2 Å². The van der Waals surface area contributed by atoms with Crippen LogP contribution in [-0.2, 0) is 15.7 Å². The first-order valence-corrected chi connectivity index (χ1v) is 10.9. The van der Waals surface area contributed by atoms with E-state index in [-0.39, 0.29) is 17.4 Å². The summed E-state index contributed by atoms with van der Waals surface area (Å²) in [5.74, 6) is -1.10. The molecule has 2 saturated heterocycles. The summed E-state index contributed by atoms with van der Waals surface area (Å²) in [7, 11) is 0. The highest BCUT2D eigenvalue weighted by Gasteiger charge is 2.37. The van der Waals surface area contributed by atoms with Crippen LogP contribution in [0.5, 0.6) is 0 Å². The average molecular weight is 462 g/mol. The normalized spacial score (nSPS) is 21.7. The average Bonchev–Trinajstić information content (AvgIpc) is 2.83. The molecule has 0 aliphatic carbocycles. The summed E-state index contributed by atoms with van der Waals surface area (Å²) in [5.41, 5.74) is 0.949. The predicted octanol–water partition coefficient (Wildman–Crippen LogP) is 4.02. The van der Waals surface area contributed by atoms with E-state index in [0.29, 0.717) is 51.4 Å². The third-order valence-electron chi connectivity index (χ3n) is 6.35. The van der Waals surface area contributed by atoms with Gasteiger partial charge in [0.05, 0.1) is 24.3 Å². The summed E-state index contributed by atoms with van der Waals surface area (Å²) in [6.45, 7) is 2.45. The summed E-state index contributed by atoms with van der Waals surface area (Å²) < 4.78 is 44.2. The Morgan fingerprint density at radius 3 is 2.15 bits per heavy atom. The maximum Gasteiger partial charge on any atom is 0.416 e. The van der Waals surface area contributed by atoms with Crippen LogP contribution in [0.25, 0.3) is 0 Å². The predicted molar refractivity (Wildman–Crippen MR) is 115 cm³/mol. The number of hydrogen-bond acceptors (Lipinski definition) is 4. The Bertz CT molecular complexity index is 986. The Labute approximate surface area is 189 Å². The van der Waals surface area contributed by atoms with Gasteiger partial charge in [-0.25, -0.2) is 4.79 Å². The molecule has 0 spiro atoms. The summed E-state index contributed by atoms with van der Waals surface area (Å²) in [6, 6.07) is 11.1. The Morgan fingerprint density at radius 1 is 0.939 bits per heavy atom. The van der Waals surface area contributed by atoms with Crippen LogP contribution in [0, 0.1) is 0 Å². The number of benzene rings is 2. The fraction of sp³-hybridized carbons (Fsp3) is 0.417. The molecule has 6 nitrogen and oxygen atoms in total. The zero-order valence-corrected chi connectivity index (χ0v) is 17.9. The number of rotatable bonds is 4. The molecule has 2 fully saturated rings. The van der Waals surface area contributed by atoms with E-state index in [1.807, 2.05) is 4.90 Å². The second-order valence-electron chi connectivity index (χ2n) is 8.35. The molecule has 2 aromatic rings. The van der Waals surface area contributed by atoms with Crippen LogP contribution in [-0.4, -0.2) is 60.8 Å². The van der Waals surface area contributed by atoms with Crippen LogP contribution in [0.4, 0.5) is 18.9 Å². The van der Waals surface area contributed by atoms with E-state index in [9.17, 15) is 27.9 Å². The quantitative estimate of drug-likeness (QED) is 0.744. The van der Waals surface area contributed by atoms with Crippen molar-refractivity contribution in [2.45, 2.75) is 31.0 Å². The van der Waals surface area contributed by atoms with E-state index in [2.05, 4.69) is 0 Å². The number of piperidine rings is 1. The summed E-state index contributed by atoms with van der Waals surface area (Å²) in [4.78, 5) is 28.3. The molecule has 1 amide bonds. The molecule has 2 heterocycles. The smallest absolute Gasteiger partial charge is 0.416 e. The van der Waals surface area contributed by atoms with Gasteiger partial charge in [-0.3, -0.25) is 4.79 Å². The molecule has 2 aliphatic heterocycles. The van der Waals surface area contributed by atoms with Crippen LogP contribution in [0.15, 0.2) is 48.5 Å². The van der Waals surface area contributed by atoms with Crippen molar-refractivity contribution < 1.29 is 32.6 Å². The van der Waals surface area contributed by atoms with Crippen LogP contribution in [0.2, 0.25) is 0 Å². The first-order valence-electron chi connectivity index (χ1n) is 10.9. The van der Waals surface area contributed by atoms with Crippen molar-refractivity contribution in [2.75, 3.05) is 37.7 Å². The van der Waals surface area contributed by atoms with Crippen molar-refractivity contribution in [1.82, 2.24) is 4.90 Å². The van der Waals surface area contributed by atoms with E-state index in [1.165, 1.54) is 24.3 Å². The summed E-state index contributed by atoms with van der Waals surface area (Å²) >= 11 is 0. The van der Waals surface area contributed by atoms with E-state index >= 15 is 0 Å². The molecular weight excluding hydrogens is 437 g/mol. The van der Waals surface area contributed by atoms with Crippen molar-refractivity contribution in [1.29, 1.82) is 0 Å². The molecule has 0 bridgehead atoms. The minimum absolute atomic E-state index is 0.00789. The van der Waals surface area contributed by atoms with Crippen LogP contribution in [0.1, 0.15) is 40.2 Å². The molecule has 1 N–H and O–H groups in total. The minimum atomic E-state index is -4.39. The number of carboxylic acids is 1. The molecule has 176 valence electrons. The second kappa shape index (κ2) is 9.43. The number of carbonyl (C=O) groups excluding carboxylic acids is 1. The van der Waals surface area contributed by atoms with Crippen LogP contribution < -0.4 is 4.90 Å². The van der Waals surface area contributed by atoms with Gasteiger partial charge in [-0.15, -0.1) is 0 Å². The van der Waals surface area contributed by atoms with Gasteiger partial charge in [-0.05, 0) is 54.8 Å². The van der Waals surface area contributed by atoms with E-state index in [4.69, 9.17) is 4.74 Å². The molecule has 0 radical (unpaired) electrons. The van der Waals surface area contributed by atoms with E-state index in [0.717, 1.165) is 17.7 Å². The van der Waals surface area contributed by atoms with Crippen LogP contribution >= 0.6 is 0 Å². The van der Waals surface area contributed by atoms with Crippen molar-refractivity contribution >= 4 is 17.6 Å². The highest BCUT2D eigenvalue weighted by molar-refractivity contribution is 5.89. The maximum absolute atomic E-state index is 13.3. The molecule has 0 unspecified atom stereocenters. The van der Waals surface area contributed by atoms with E-state index < -0.39 is 23.8 Å². The van der Waals surface area contributed by atoms with E-state index in [1.54, 1.807) is 17.0 Å². The lowest BCUT2D eigenvalue weighted by atomic mass is 9.86. The fourth-order valence-corrected chi connectivity index (χ4v) is 4.52. The third kappa shape index (κ3) is 5.13. The molecule has 2 aromatic carbocycles. The summed E-state index contributed by atoms with van der Waals surface area (Å²) in [5, 5.41) is 9.20. The molecular formula is C24H25F3N2O4. The number of ether oxygens (including phenoxy) is 1. The van der Waals surface area contributed by atoms with Gasteiger partial charge in [0, 0.05) is 31.2 Å².